The van der Waals surface area contributed by atoms with Gasteiger partial charge in [-0.15, -0.1) is 11.3 Å². The van der Waals surface area contributed by atoms with Gasteiger partial charge in [-0.05, 0) is 41.8 Å². The van der Waals surface area contributed by atoms with Gasteiger partial charge in [0.1, 0.15) is 11.6 Å². The Morgan fingerprint density at radius 3 is 2.50 bits per heavy atom. The quantitative estimate of drug-likeness (QED) is 0.446. The zero-order valence-corrected chi connectivity index (χ0v) is 16.9. The van der Waals surface area contributed by atoms with E-state index >= 15 is 0 Å². The minimum atomic E-state index is -0.349. The summed E-state index contributed by atoms with van der Waals surface area (Å²) in [5.74, 6) is 1.26. The molecule has 0 atom stereocenters. The van der Waals surface area contributed by atoms with Crippen LogP contribution in [0.2, 0.25) is 0 Å². The maximum absolute atomic E-state index is 12.7. The third kappa shape index (κ3) is 4.13. The fourth-order valence-electron chi connectivity index (χ4n) is 2.92. The molecule has 0 aliphatic rings. The highest BCUT2D eigenvalue weighted by molar-refractivity contribution is 7.12. The lowest BCUT2D eigenvalue weighted by molar-refractivity contribution is 0.0939. The second-order valence-electron chi connectivity index (χ2n) is 6.37. The fourth-order valence-corrected chi connectivity index (χ4v) is 3.60. The Morgan fingerprint density at radius 1 is 1.03 bits per heavy atom. The number of rotatable bonds is 7. The van der Waals surface area contributed by atoms with Gasteiger partial charge in [-0.2, -0.15) is 5.10 Å². The molecule has 0 aliphatic carbocycles. The Bertz CT molecular complexity index is 1170. The number of aromatic nitrogens is 3. The maximum atomic E-state index is 12.7. The number of amides is 1. The van der Waals surface area contributed by atoms with Gasteiger partial charge in [0.05, 0.1) is 24.1 Å². The molecular weight excluding hydrogens is 400 g/mol. The first-order chi connectivity index (χ1) is 14.7. The van der Waals surface area contributed by atoms with Crippen molar-refractivity contribution < 1.29 is 14.3 Å². The number of carbonyl (C=O) groups excluding carboxylic acids is 2. The van der Waals surface area contributed by atoms with Gasteiger partial charge in [0, 0.05) is 11.1 Å². The number of benzene rings is 2. The monoisotopic (exact) mass is 418 g/mol. The molecule has 0 saturated heterocycles. The predicted octanol–water partition coefficient (Wildman–Crippen LogP) is 3.70. The summed E-state index contributed by atoms with van der Waals surface area (Å²) in [7, 11) is 1.61. The van der Waals surface area contributed by atoms with Crippen LogP contribution < -0.4 is 10.1 Å². The number of ketones is 1. The molecule has 0 saturated carbocycles. The van der Waals surface area contributed by atoms with Crippen LogP contribution >= 0.6 is 11.3 Å². The zero-order valence-electron chi connectivity index (χ0n) is 16.1. The smallest absolute Gasteiger partial charge is 0.252 e. The number of nitrogens with zero attached hydrogens (tertiary/aromatic N) is 2. The molecule has 0 spiro atoms. The van der Waals surface area contributed by atoms with E-state index in [4.69, 9.17) is 4.74 Å². The number of carbonyl (C=O) groups is 2. The second-order valence-corrected chi connectivity index (χ2v) is 7.32. The fraction of sp³-hybridized carbons (Fsp3) is 0.0909. The van der Waals surface area contributed by atoms with Gasteiger partial charge in [0.15, 0.2) is 5.82 Å². The van der Waals surface area contributed by atoms with Crippen LogP contribution in [0.4, 0.5) is 0 Å². The summed E-state index contributed by atoms with van der Waals surface area (Å²) < 4.78 is 5.15. The molecular formula is C22H18N4O3S. The van der Waals surface area contributed by atoms with Crippen molar-refractivity contribution in [1.82, 2.24) is 20.5 Å². The van der Waals surface area contributed by atoms with Crippen molar-refractivity contribution in [1.29, 1.82) is 0 Å². The van der Waals surface area contributed by atoms with Crippen LogP contribution in [-0.4, -0.2) is 34.0 Å². The molecule has 2 aromatic heterocycles. The topological polar surface area (TPSA) is 97.0 Å². The first kappa shape index (κ1) is 19.5. The van der Waals surface area contributed by atoms with Crippen molar-refractivity contribution in [3.8, 4) is 17.1 Å². The number of thiophene rings is 1. The SMILES string of the molecule is COc1ccc(-c2n[nH]c(CNC(=O)c3ccccc3C(=O)c3cccs3)n2)cc1. The highest BCUT2D eigenvalue weighted by Crippen LogP contribution is 2.20. The van der Waals surface area contributed by atoms with Crippen molar-refractivity contribution in [3.63, 3.8) is 0 Å². The van der Waals surface area contributed by atoms with Crippen molar-refractivity contribution in [2.24, 2.45) is 0 Å². The lowest BCUT2D eigenvalue weighted by Crippen LogP contribution is -2.25. The molecule has 8 heteroatoms. The summed E-state index contributed by atoms with van der Waals surface area (Å²) in [5.41, 5.74) is 1.52. The number of H-pyrrole nitrogens is 1. The second kappa shape index (κ2) is 8.71. The molecule has 0 fully saturated rings. The maximum Gasteiger partial charge on any atom is 0.252 e. The highest BCUT2D eigenvalue weighted by atomic mass is 32.1. The van der Waals surface area contributed by atoms with Crippen molar-refractivity contribution in [2.45, 2.75) is 6.54 Å². The van der Waals surface area contributed by atoms with E-state index in [0.717, 1.165) is 11.3 Å². The van der Waals surface area contributed by atoms with Gasteiger partial charge >= 0.3 is 0 Å². The summed E-state index contributed by atoms with van der Waals surface area (Å²) in [6.45, 7) is 0.156. The summed E-state index contributed by atoms with van der Waals surface area (Å²) in [6, 6.07) is 17.7. The normalized spacial score (nSPS) is 10.6. The van der Waals surface area contributed by atoms with Crippen LogP contribution in [0.1, 0.15) is 31.4 Å². The molecule has 0 bridgehead atoms. The minimum absolute atomic E-state index is 0.156. The van der Waals surface area contributed by atoms with E-state index < -0.39 is 0 Å². The van der Waals surface area contributed by atoms with Gasteiger partial charge in [-0.25, -0.2) is 4.98 Å². The standard InChI is InChI=1S/C22H18N4O3S/c1-29-15-10-8-14(9-11-15)21-24-19(25-26-21)13-23-22(28)17-6-3-2-5-16(17)20(27)18-7-4-12-30-18/h2-12H,13H2,1H3,(H,23,28)(H,24,25,26). The van der Waals surface area contributed by atoms with E-state index in [-0.39, 0.29) is 18.2 Å². The summed E-state index contributed by atoms with van der Waals surface area (Å²) >= 11 is 1.35. The Morgan fingerprint density at radius 2 is 1.80 bits per heavy atom. The van der Waals surface area contributed by atoms with E-state index in [1.807, 2.05) is 35.7 Å². The number of hydrogen-bond donors (Lipinski definition) is 2. The number of methoxy groups -OCH3 is 1. The van der Waals surface area contributed by atoms with Crippen molar-refractivity contribution >= 4 is 23.0 Å². The Balaban J connectivity index is 1.46. The van der Waals surface area contributed by atoms with Crippen LogP contribution in [0.5, 0.6) is 5.75 Å². The van der Waals surface area contributed by atoms with Gasteiger partial charge < -0.3 is 10.1 Å². The molecule has 30 heavy (non-hydrogen) atoms. The van der Waals surface area contributed by atoms with Crippen LogP contribution in [0.15, 0.2) is 66.0 Å². The molecule has 2 heterocycles. The average Bonchev–Trinajstić information content (AvgIpc) is 3.49. The molecule has 0 unspecified atom stereocenters. The summed E-state index contributed by atoms with van der Waals surface area (Å²) in [6.07, 6.45) is 0. The van der Waals surface area contributed by atoms with Gasteiger partial charge in [-0.1, -0.05) is 24.3 Å². The first-order valence-electron chi connectivity index (χ1n) is 9.17. The third-order valence-electron chi connectivity index (χ3n) is 4.46. The molecule has 2 N–H and O–H groups in total. The van der Waals surface area contributed by atoms with Crippen molar-refractivity contribution in [2.75, 3.05) is 7.11 Å². The lowest BCUT2D eigenvalue weighted by atomic mass is 10.0. The number of nitrogens with one attached hydrogen (secondary N) is 2. The molecule has 1 amide bonds. The predicted molar refractivity (Wildman–Crippen MR) is 114 cm³/mol. The van der Waals surface area contributed by atoms with E-state index in [2.05, 4.69) is 20.5 Å². The lowest BCUT2D eigenvalue weighted by Gasteiger charge is -2.08. The molecule has 2 aromatic carbocycles. The summed E-state index contributed by atoms with van der Waals surface area (Å²) in [4.78, 5) is 30.4. The Hall–Kier alpha value is -3.78. The zero-order chi connectivity index (χ0) is 20.9. The Kier molecular flexibility index (Phi) is 5.67. The molecule has 4 rings (SSSR count). The van der Waals surface area contributed by atoms with E-state index in [9.17, 15) is 9.59 Å². The number of aromatic amines is 1. The van der Waals surface area contributed by atoms with Crippen LogP contribution in [0.25, 0.3) is 11.4 Å². The molecule has 0 aliphatic heterocycles. The number of hydrogen-bond acceptors (Lipinski definition) is 6. The molecule has 4 aromatic rings. The minimum Gasteiger partial charge on any atom is -0.497 e. The number of ether oxygens (including phenoxy) is 1. The van der Waals surface area contributed by atoms with Gasteiger partial charge in [0.2, 0.25) is 5.78 Å². The Labute approximate surface area is 176 Å². The molecule has 0 radical (unpaired) electrons. The first-order valence-corrected chi connectivity index (χ1v) is 10.0. The molecule has 7 nitrogen and oxygen atoms in total. The average molecular weight is 418 g/mol. The van der Waals surface area contributed by atoms with E-state index in [1.54, 1.807) is 37.4 Å². The van der Waals surface area contributed by atoms with Crippen molar-refractivity contribution in [3.05, 3.63) is 87.9 Å². The van der Waals surface area contributed by atoms with E-state index in [1.165, 1.54) is 11.3 Å². The van der Waals surface area contributed by atoms with Crippen LogP contribution in [-0.2, 0) is 6.54 Å². The molecule has 150 valence electrons. The summed E-state index contributed by atoms with van der Waals surface area (Å²) in [5, 5.41) is 11.6. The van der Waals surface area contributed by atoms with Crippen LogP contribution in [0, 0.1) is 0 Å². The van der Waals surface area contributed by atoms with Crippen LogP contribution in [0.3, 0.4) is 0 Å². The van der Waals surface area contributed by atoms with E-state index in [0.29, 0.717) is 27.7 Å². The van der Waals surface area contributed by atoms with Gasteiger partial charge in [0.25, 0.3) is 5.91 Å². The highest BCUT2D eigenvalue weighted by Gasteiger charge is 2.19. The third-order valence-corrected chi connectivity index (χ3v) is 5.33. The largest absolute Gasteiger partial charge is 0.497 e. The van der Waals surface area contributed by atoms with Gasteiger partial charge in [-0.3, -0.25) is 14.7 Å².